The first-order chi connectivity index (χ1) is 19.2. The summed E-state index contributed by atoms with van der Waals surface area (Å²) in [6.07, 6.45) is 0.741. The quantitative estimate of drug-likeness (QED) is 0.439. The van der Waals surface area contributed by atoms with E-state index >= 15 is 0 Å². The van der Waals surface area contributed by atoms with Crippen molar-refractivity contribution in [2.24, 2.45) is 0 Å². The summed E-state index contributed by atoms with van der Waals surface area (Å²) >= 11 is 0. The van der Waals surface area contributed by atoms with Crippen LogP contribution in [0.5, 0.6) is 0 Å². The first kappa shape index (κ1) is 28.6. The summed E-state index contributed by atoms with van der Waals surface area (Å²) in [5.41, 5.74) is 2.45. The molecular weight excluding hydrogens is 509 g/mol. The number of halogens is 1. The number of hydrogen-bond donors (Lipinski definition) is 2. The van der Waals surface area contributed by atoms with Gasteiger partial charge in [0, 0.05) is 57.2 Å². The van der Waals surface area contributed by atoms with Gasteiger partial charge in [0.2, 0.25) is 0 Å². The maximum absolute atomic E-state index is 14.2. The number of urea groups is 1. The highest BCUT2D eigenvalue weighted by Gasteiger charge is 2.25. The van der Waals surface area contributed by atoms with Gasteiger partial charge in [0.25, 0.3) is 11.8 Å². The van der Waals surface area contributed by atoms with Gasteiger partial charge in [0.15, 0.2) is 0 Å². The number of nitrogens with one attached hydrogen (secondary N) is 2. The lowest BCUT2D eigenvalue weighted by molar-refractivity contribution is 0.0785. The van der Waals surface area contributed by atoms with Crippen molar-refractivity contribution in [3.05, 3.63) is 95.3 Å². The average Bonchev–Trinajstić information content (AvgIpc) is 3.19. The van der Waals surface area contributed by atoms with Crippen LogP contribution in [-0.2, 0) is 6.54 Å². The van der Waals surface area contributed by atoms with E-state index in [9.17, 15) is 18.8 Å². The zero-order valence-electron chi connectivity index (χ0n) is 23.2. The monoisotopic (exact) mass is 545 g/mol. The maximum Gasteiger partial charge on any atom is 0.317 e. The minimum absolute atomic E-state index is 0.0448. The average molecular weight is 546 g/mol. The molecule has 210 valence electrons. The van der Waals surface area contributed by atoms with E-state index in [-0.39, 0.29) is 23.5 Å². The van der Waals surface area contributed by atoms with Crippen LogP contribution in [0.1, 0.15) is 46.5 Å². The molecular formula is C31H36FN5O3. The number of rotatable bonds is 7. The van der Waals surface area contributed by atoms with E-state index in [2.05, 4.69) is 15.5 Å². The highest BCUT2D eigenvalue weighted by molar-refractivity contribution is 6.06. The van der Waals surface area contributed by atoms with Crippen molar-refractivity contribution in [3.8, 4) is 0 Å². The molecule has 0 saturated carbocycles. The highest BCUT2D eigenvalue weighted by Crippen LogP contribution is 2.28. The molecule has 1 aliphatic heterocycles. The van der Waals surface area contributed by atoms with Gasteiger partial charge < -0.3 is 25.3 Å². The van der Waals surface area contributed by atoms with Crippen LogP contribution in [0.3, 0.4) is 0 Å². The summed E-state index contributed by atoms with van der Waals surface area (Å²) < 4.78 is 14.2. The van der Waals surface area contributed by atoms with Crippen LogP contribution >= 0.6 is 0 Å². The molecule has 3 aromatic rings. The van der Waals surface area contributed by atoms with Gasteiger partial charge in [-0.3, -0.25) is 9.59 Å². The van der Waals surface area contributed by atoms with Crippen molar-refractivity contribution < 1.29 is 18.8 Å². The number of amides is 4. The summed E-state index contributed by atoms with van der Waals surface area (Å²) in [7, 11) is 1.74. The van der Waals surface area contributed by atoms with E-state index in [4.69, 9.17) is 0 Å². The van der Waals surface area contributed by atoms with Gasteiger partial charge in [0.1, 0.15) is 5.82 Å². The predicted molar refractivity (Wildman–Crippen MR) is 155 cm³/mol. The summed E-state index contributed by atoms with van der Waals surface area (Å²) in [5, 5.41) is 5.68. The molecule has 0 atom stereocenters. The third kappa shape index (κ3) is 7.16. The Hall–Kier alpha value is -4.40. The van der Waals surface area contributed by atoms with Crippen LogP contribution in [0.25, 0.3) is 0 Å². The van der Waals surface area contributed by atoms with Crippen LogP contribution in [0, 0.1) is 5.82 Å². The van der Waals surface area contributed by atoms with E-state index in [1.807, 2.05) is 50.2 Å². The number of nitrogens with zero attached hydrogens (tertiary/aromatic N) is 3. The van der Waals surface area contributed by atoms with Crippen LogP contribution in [0.2, 0.25) is 0 Å². The Morgan fingerprint density at radius 3 is 2.35 bits per heavy atom. The molecule has 3 aromatic carbocycles. The largest absolute Gasteiger partial charge is 0.369 e. The van der Waals surface area contributed by atoms with Crippen LogP contribution in [0.4, 0.5) is 20.6 Å². The summed E-state index contributed by atoms with van der Waals surface area (Å²) in [6, 6.07) is 20.6. The fourth-order valence-electron chi connectivity index (χ4n) is 4.74. The Bertz CT molecular complexity index is 1350. The molecule has 0 bridgehead atoms. The molecule has 0 spiro atoms. The van der Waals surface area contributed by atoms with E-state index in [1.165, 1.54) is 18.2 Å². The minimum Gasteiger partial charge on any atom is -0.369 e. The summed E-state index contributed by atoms with van der Waals surface area (Å²) in [4.78, 5) is 44.7. The minimum atomic E-state index is -0.619. The maximum atomic E-state index is 14.2. The lowest BCUT2D eigenvalue weighted by Crippen LogP contribution is -2.44. The van der Waals surface area contributed by atoms with E-state index in [0.29, 0.717) is 44.0 Å². The fraction of sp³-hybridized carbons (Fsp3) is 0.323. The molecule has 1 heterocycles. The number of benzene rings is 3. The molecule has 0 aromatic heterocycles. The number of carbonyl (C=O) groups excluding carboxylic acids is 3. The third-order valence-corrected chi connectivity index (χ3v) is 6.75. The zero-order valence-corrected chi connectivity index (χ0v) is 23.2. The Morgan fingerprint density at radius 2 is 1.62 bits per heavy atom. The molecule has 1 fully saturated rings. The van der Waals surface area contributed by atoms with Crippen LogP contribution in [0.15, 0.2) is 72.8 Å². The summed E-state index contributed by atoms with van der Waals surface area (Å²) in [6.45, 7) is 6.61. The second-order valence-electron chi connectivity index (χ2n) is 10.2. The normalized spacial score (nSPS) is 13.5. The standard InChI is InChI=1S/C31H36FN5O3/c1-22(2)33-31(40)37-17-9-16-36(18-19-37)28-15-14-24(34-29(38)25-12-7-8-13-27(25)32)20-26(28)30(39)35(3)21-23-10-5-4-6-11-23/h4-8,10-15,20,22H,9,16-19,21H2,1-3H3,(H,33,40)(H,34,38). The van der Waals surface area contributed by atoms with Gasteiger partial charge in [-0.1, -0.05) is 42.5 Å². The smallest absolute Gasteiger partial charge is 0.317 e. The van der Waals surface area contributed by atoms with Gasteiger partial charge in [-0.05, 0) is 56.2 Å². The molecule has 40 heavy (non-hydrogen) atoms. The predicted octanol–water partition coefficient (Wildman–Crippen LogP) is 4.98. The lowest BCUT2D eigenvalue weighted by Gasteiger charge is -2.28. The molecule has 0 unspecified atom stereocenters. The van der Waals surface area contributed by atoms with Crippen molar-refractivity contribution in [1.82, 2.24) is 15.1 Å². The van der Waals surface area contributed by atoms with Crippen molar-refractivity contribution in [2.45, 2.75) is 32.9 Å². The second kappa shape index (κ2) is 13.1. The second-order valence-corrected chi connectivity index (χ2v) is 10.2. The SMILES string of the molecule is CC(C)NC(=O)N1CCCN(c2ccc(NC(=O)c3ccccc3F)cc2C(=O)N(C)Cc2ccccc2)CC1. The topological polar surface area (TPSA) is 85.0 Å². The van der Waals surface area contributed by atoms with Crippen molar-refractivity contribution in [1.29, 1.82) is 0 Å². The lowest BCUT2D eigenvalue weighted by atomic mass is 10.1. The fourth-order valence-corrected chi connectivity index (χ4v) is 4.74. The Kier molecular flexibility index (Phi) is 9.37. The number of anilines is 2. The molecule has 8 nitrogen and oxygen atoms in total. The van der Waals surface area contributed by atoms with E-state index < -0.39 is 11.7 Å². The summed E-state index contributed by atoms with van der Waals surface area (Å²) in [5.74, 6) is -1.42. The first-order valence-electron chi connectivity index (χ1n) is 13.5. The zero-order chi connectivity index (χ0) is 28.6. The van der Waals surface area contributed by atoms with E-state index in [0.717, 1.165) is 17.7 Å². The molecule has 9 heteroatoms. The molecule has 4 amide bonds. The van der Waals surface area contributed by atoms with Crippen molar-refractivity contribution in [3.63, 3.8) is 0 Å². The van der Waals surface area contributed by atoms with Gasteiger partial charge in [-0.2, -0.15) is 0 Å². The Balaban J connectivity index is 1.61. The van der Waals surface area contributed by atoms with Gasteiger partial charge in [-0.15, -0.1) is 0 Å². The van der Waals surface area contributed by atoms with Crippen molar-refractivity contribution >= 4 is 29.2 Å². The van der Waals surface area contributed by atoms with Crippen LogP contribution in [-0.4, -0.2) is 66.9 Å². The molecule has 0 aliphatic carbocycles. The highest BCUT2D eigenvalue weighted by atomic mass is 19.1. The molecule has 2 N–H and O–H groups in total. The molecule has 4 rings (SSSR count). The van der Waals surface area contributed by atoms with E-state index in [1.54, 1.807) is 35.0 Å². The van der Waals surface area contributed by atoms with Gasteiger partial charge in [0.05, 0.1) is 11.1 Å². The molecule has 1 aliphatic rings. The van der Waals surface area contributed by atoms with Crippen molar-refractivity contribution in [2.75, 3.05) is 43.4 Å². The first-order valence-corrected chi connectivity index (χ1v) is 13.5. The third-order valence-electron chi connectivity index (χ3n) is 6.75. The van der Waals surface area contributed by atoms with Gasteiger partial charge in [-0.25, -0.2) is 9.18 Å². The number of carbonyl (C=O) groups is 3. The molecule has 1 saturated heterocycles. The number of hydrogen-bond acceptors (Lipinski definition) is 4. The Labute approximate surface area is 234 Å². The van der Waals surface area contributed by atoms with Crippen LogP contribution < -0.4 is 15.5 Å². The van der Waals surface area contributed by atoms with Gasteiger partial charge >= 0.3 is 6.03 Å². The molecule has 0 radical (unpaired) electrons. The Morgan fingerprint density at radius 1 is 0.900 bits per heavy atom.